The molecule has 2 aliphatic heterocycles. The number of carbonyl (C=O) groups excluding carboxylic acids is 2. The monoisotopic (exact) mass is 500 g/mol. The molecule has 1 saturated heterocycles. The fourth-order valence-electron chi connectivity index (χ4n) is 3.20. The fourth-order valence-corrected chi connectivity index (χ4v) is 6.74. The Kier molecular flexibility index (Phi) is 6.28. The highest BCUT2D eigenvalue weighted by molar-refractivity contribution is 8.01. The number of nitrogens with zero attached hydrogens (tertiary/aromatic N) is 5. The van der Waals surface area contributed by atoms with Crippen LogP contribution in [0.4, 0.5) is 0 Å². The summed E-state index contributed by atoms with van der Waals surface area (Å²) in [6, 6.07) is -0.838. The van der Waals surface area contributed by atoms with Crippen LogP contribution in [0.3, 0.4) is 0 Å². The van der Waals surface area contributed by atoms with Crippen molar-refractivity contribution in [3.05, 3.63) is 33.2 Å². The zero-order chi connectivity index (χ0) is 22.3. The van der Waals surface area contributed by atoms with E-state index in [1.807, 2.05) is 13.8 Å². The molecule has 4 heterocycles. The molecular formula is C17H17ClN6O4S3. The number of aryl methyl sites for hydroxylation is 2. The van der Waals surface area contributed by atoms with Gasteiger partial charge in [0.2, 0.25) is 0 Å². The van der Waals surface area contributed by atoms with E-state index in [9.17, 15) is 19.5 Å². The number of carboxylic acids is 1. The molecule has 2 amide bonds. The van der Waals surface area contributed by atoms with Crippen LogP contribution in [0.15, 0.2) is 21.8 Å². The van der Waals surface area contributed by atoms with Crippen molar-refractivity contribution in [1.29, 1.82) is 0 Å². The summed E-state index contributed by atoms with van der Waals surface area (Å²) in [5, 5.41) is 25.0. The molecule has 4 rings (SSSR count). The number of aromatic nitrogens is 4. The predicted octanol–water partition coefficient (Wildman–Crippen LogP) is 1.86. The second kappa shape index (κ2) is 8.81. The van der Waals surface area contributed by atoms with Crippen LogP contribution in [0, 0.1) is 6.92 Å². The summed E-state index contributed by atoms with van der Waals surface area (Å²) >= 11 is 10.3. The summed E-state index contributed by atoms with van der Waals surface area (Å²) in [5.74, 6) is -1.38. The standard InChI is InChI=1S/C17H17ClN6O4S3/c1-3-23-4-9(18)10(22-23)13(25)19-11-14(26)24-12(16(27)28)8(5-29-15(11)24)6-30-17-21-20-7(2)31-17/h4,11,15H,3,5-6H2,1-2H3,(H,19,25)(H,27,28)/t11-,15+/m1/s1. The van der Waals surface area contributed by atoms with Gasteiger partial charge in [0.15, 0.2) is 10.0 Å². The zero-order valence-electron chi connectivity index (χ0n) is 16.4. The van der Waals surface area contributed by atoms with E-state index in [4.69, 9.17) is 11.6 Å². The largest absolute Gasteiger partial charge is 0.477 e. The molecule has 0 spiro atoms. The molecule has 0 aromatic carbocycles. The van der Waals surface area contributed by atoms with Crippen molar-refractivity contribution in [2.75, 3.05) is 11.5 Å². The molecule has 2 N–H and O–H groups in total. The topological polar surface area (TPSA) is 130 Å². The number of thioether (sulfide) groups is 2. The maximum atomic E-state index is 12.8. The number of fused-ring (bicyclic) bond motifs is 1. The van der Waals surface area contributed by atoms with Gasteiger partial charge in [-0.15, -0.1) is 22.0 Å². The number of rotatable bonds is 7. The Morgan fingerprint density at radius 2 is 2.19 bits per heavy atom. The van der Waals surface area contributed by atoms with Crippen molar-refractivity contribution >= 4 is 64.2 Å². The van der Waals surface area contributed by atoms with Crippen LogP contribution in [0.2, 0.25) is 5.02 Å². The van der Waals surface area contributed by atoms with Gasteiger partial charge in [-0.3, -0.25) is 19.2 Å². The van der Waals surface area contributed by atoms with Crippen molar-refractivity contribution in [3.63, 3.8) is 0 Å². The van der Waals surface area contributed by atoms with Crippen LogP contribution >= 0.6 is 46.5 Å². The van der Waals surface area contributed by atoms with Crippen LogP contribution in [-0.4, -0.2) is 70.7 Å². The lowest BCUT2D eigenvalue weighted by Gasteiger charge is -2.49. The van der Waals surface area contributed by atoms with Crippen molar-refractivity contribution in [2.24, 2.45) is 0 Å². The first-order valence-corrected chi connectivity index (χ1v) is 12.4. The highest BCUT2D eigenvalue weighted by Gasteiger charge is 2.54. The minimum atomic E-state index is -1.17. The van der Waals surface area contributed by atoms with Crippen LogP contribution in [0.1, 0.15) is 22.4 Å². The fraction of sp³-hybridized carbons (Fsp3) is 0.412. The summed E-state index contributed by atoms with van der Waals surface area (Å²) in [6.45, 7) is 4.25. The second-order valence-corrected chi connectivity index (χ2v) is 10.6. The van der Waals surface area contributed by atoms with Gasteiger partial charge in [-0.2, -0.15) is 5.10 Å². The third-order valence-corrected chi connectivity index (χ3v) is 8.34. The van der Waals surface area contributed by atoms with Gasteiger partial charge in [0, 0.05) is 24.2 Å². The van der Waals surface area contributed by atoms with Gasteiger partial charge >= 0.3 is 5.97 Å². The van der Waals surface area contributed by atoms with Crippen molar-refractivity contribution < 1.29 is 19.5 Å². The van der Waals surface area contributed by atoms with E-state index in [-0.39, 0.29) is 16.4 Å². The number of nitrogens with one attached hydrogen (secondary N) is 1. The van der Waals surface area contributed by atoms with E-state index in [2.05, 4.69) is 20.6 Å². The average Bonchev–Trinajstić information content (AvgIpc) is 3.34. The minimum Gasteiger partial charge on any atom is -0.477 e. The van der Waals surface area contributed by atoms with E-state index in [0.29, 0.717) is 23.6 Å². The Bertz CT molecular complexity index is 1100. The van der Waals surface area contributed by atoms with Crippen molar-refractivity contribution in [3.8, 4) is 0 Å². The molecule has 0 unspecified atom stereocenters. The number of halogens is 1. The number of β-lactam (4-membered cyclic amide) rings is 1. The molecule has 2 aromatic rings. The molecule has 10 nitrogen and oxygen atoms in total. The van der Waals surface area contributed by atoms with Crippen molar-refractivity contribution in [2.45, 2.75) is 36.1 Å². The van der Waals surface area contributed by atoms with E-state index < -0.39 is 29.2 Å². The molecule has 2 aromatic heterocycles. The molecule has 0 bridgehead atoms. The first-order valence-electron chi connectivity index (χ1n) is 9.16. The van der Waals surface area contributed by atoms with E-state index in [1.54, 1.807) is 0 Å². The average molecular weight is 501 g/mol. The lowest BCUT2D eigenvalue weighted by Crippen LogP contribution is -2.70. The molecule has 14 heteroatoms. The lowest BCUT2D eigenvalue weighted by atomic mass is 10.0. The first kappa shape index (κ1) is 22.1. The van der Waals surface area contributed by atoms with E-state index in [1.165, 1.54) is 50.6 Å². The van der Waals surface area contributed by atoms with Crippen LogP contribution in [0.5, 0.6) is 0 Å². The third-order valence-electron chi connectivity index (χ3n) is 4.67. The number of amides is 2. The number of carbonyl (C=O) groups is 3. The quantitative estimate of drug-likeness (QED) is 0.432. The van der Waals surface area contributed by atoms with Crippen LogP contribution in [-0.2, 0) is 16.1 Å². The van der Waals surface area contributed by atoms with E-state index >= 15 is 0 Å². The normalized spacial score (nSPS) is 20.5. The zero-order valence-corrected chi connectivity index (χ0v) is 19.6. The molecule has 0 radical (unpaired) electrons. The summed E-state index contributed by atoms with van der Waals surface area (Å²) in [7, 11) is 0. The highest BCUT2D eigenvalue weighted by atomic mass is 35.5. The second-order valence-electron chi connectivity index (χ2n) is 6.68. The van der Waals surface area contributed by atoms with Gasteiger partial charge in [-0.1, -0.05) is 34.7 Å². The van der Waals surface area contributed by atoms with Gasteiger partial charge in [-0.05, 0) is 19.4 Å². The Labute approximate surface area is 194 Å². The third kappa shape index (κ3) is 4.19. The molecule has 0 aliphatic carbocycles. The molecule has 0 saturated carbocycles. The van der Waals surface area contributed by atoms with Crippen LogP contribution < -0.4 is 5.32 Å². The molecule has 31 heavy (non-hydrogen) atoms. The van der Waals surface area contributed by atoms with Gasteiger partial charge in [-0.25, -0.2) is 4.79 Å². The minimum absolute atomic E-state index is 0.0266. The number of aliphatic carboxylic acids is 1. The van der Waals surface area contributed by atoms with Gasteiger partial charge in [0.1, 0.15) is 22.1 Å². The maximum Gasteiger partial charge on any atom is 0.352 e. The summed E-state index contributed by atoms with van der Waals surface area (Å²) in [4.78, 5) is 38.5. The Morgan fingerprint density at radius 3 is 2.81 bits per heavy atom. The van der Waals surface area contributed by atoms with Crippen LogP contribution in [0.25, 0.3) is 0 Å². The summed E-state index contributed by atoms with van der Waals surface area (Å²) < 4.78 is 2.27. The summed E-state index contributed by atoms with van der Waals surface area (Å²) in [5.41, 5.74) is 0.643. The van der Waals surface area contributed by atoms with E-state index in [0.717, 1.165) is 9.35 Å². The number of hydrogen-bond acceptors (Lipinski definition) is 9. The van der Waals surface area contributed by atoms with Gasteiger partial charge in [0.05, 0.1) is 5.02 Å². The van der Waals surface area contributed by atoms with Gasteiger partial charge < -0.3 is 10.4 Å². The first-order chi connectivity index (χ1) is 14.8. The Balaban J connectivity index is 1.48. The Hall–Kier alpha value is -2.09. The molecular weight excluding hydrogens is 484 g/mol. The van der Waals surface area contributed by atoms with Gasteiger partial charge in [0.25, 0.3) is 11.8 Å². The Morgan fingerprint density at radius 1 is 1.42 bits per heavy atom. The molecule has 2 aliphatic rings. The predicted molar refractivity (Wildman–Crippen MR) is 117 cm³/mol. The number of carboxylic acid groups (broad SMARTS) is 1. The molecule has 164 valence electrons. The number of hydrogen-bond donors (Lipinski definition) is 2. The summed E-state index contributed by atoms with van der Waals surface area (Å²) in [6.07, 6.45) is 1.54. The van der Waals surface area contributed by atoms with Crippen molar-refractivity contribution in [1.82, 2.24) is 30.2 Å². The maximum absolute atomic E-state index is 12.8. The SMILES string of the molecule is CCn1cc(Cl)c(C(=O)N[C@@H]2C(=O)N3C(C(=O)O)=C(CSc4nnc(C)s4)CS[C@@H]23)n1. The molecule has 1 fully saturated rings. The lowest BCUT2D eigenvalue weighted by molar-refractivity contribution is -0.148. The highest BCUT2D eigenvalue weighted by Crippen LogP contribution is 2.41. The smallest absolute Gasteiger partial charge is 0.352 e. The molecule has 2 atom stereocenters.